The van der Waals surface area contributed by atoms with Crippen LogP contribution in [0.15, 0.2) is 29.8 Å². The van der Waals surface area contributed by atoms with Crippen molar-refractivity contribution in [1.82, 2.24) is 14.9 Å². The number of nitrogens with zero attached hydrogens (tertiary/aromatic N) is 2. The fourth-order valence-corrected chi connectivity index (χ4v) is 2.76. The number of fused-ring (bicyclic) bond motifs is 1. The molecule has 3 rings (SSSR count). The lowest BCUT2D eigenvalue weighted by molar-refractivity contribution is 0.0233. The zero-order chi connectivity index (χ0) is 17.5. The van der Waals surface area contributed by atoms with E-state index in [1.807, 2.05) is 52.0 Å². The van der Waals surface area contributed by atoms with Crippen LogP contribution in [0, 0.1) is 12.3 Å². The Morgan fingerprint density at radius 2 is 2.21 bits per heavy atom. The highest BCUT2D eigenvalue weighted by Crippen LogP contribution is 2.31. The molecule has 124 valence electrons. The first-order valence-electron chi connectivity index (χ1n) is 7.90. The predicted molar refractivity (Wildman–Crippen MR) is 93.5 cm³/mol. The molecule has 1 atom stereocenters. The average molecular weight is 323 g/mol. The molecule has 0 spiro atoms. The fourth-order valence-electron chi connectivity index (χ4n) is 2.76. The number of aromatic amines is 1. The molecule has 5 heteroatoms. The summed E-state index contributed by atoms with van der Waals surface area (Å²) in [5.74, 6) is 3.32. The quantitative estimate of drug-likeness (QED) is 0.642. The summed E-state index contributed by atoms with van der Waals surface area (Å²) in [4.78, 5) is 22.1. The van der Waals surface area contributed by atoms with Gasteiger partial charge in [0.05, 0.1) is 11.0 Å². The maximum atomic E-state index is 12.5. The molecule has 1 amide bonds. The van der Waals surface area contributed by atoms with Gasteiger partial charge in [-0.25, -0.2) is 9.78 Å². The summed E-state index contributed by atoms with van der Waals surface area (Å²) in [5, 5.41) is 0. The van der Waals surface area contributed by atoms with E-state index >= 15 is 0 Å². The lowest BCUT2D eigenvalue weighted by Crippen LogP contribution is -2.37. The normalized spacial score (nSPS) is 17.7. The molecule has 0 fully saturated rings. The van der Waals surface area contributed by atoms with Gasteiger partial charge >= 0.3 is 6.09 Å². The Labute approximate surface area is 141 Å². The minimum Gasteiger partial charge on any atom is -0.444 e. The lowest BCUT2D eigenvalue weighted by atomic mass is 10.2. The minimum absolute atomic E-state index is 0.262. The maximum Gasteiger partial charge on any atom is 0.411 e. The Morgan fingerprint density at radius 3 is 2.88 bits per heavy atom. The van der Waals surface area contributed by atoms with Gasteiger partial charge in [-0.05, 0) is 45.9 Å². The molecule has 1 N–H and O–H groups in total. The number of ether oxygens (including phenoxy) is 1. The molecule has 2 heterocycles. The van der Waals surface area contributed by atoms with Crippen LogP contribution in [0.1, 0.15) is 45.1 Å². The standard InChI is InChI=1S/C19H21N3O2/c1-6-13-7-8-14-15(10-13)21-17(20-14)16-9-12(2)11-22(16)18(23)24-19(3,4)5/h1,7-10,16H,11H2,2-5H3,(H,20,21)/t16-/m0/s1. The number of hydrogen-bond acceptors (Lipinski definition) is 3. The number of imidazole rings is 1. The number of hydrogen-bond donors (Lipinski definition) is 1. The second kappa shape index (κ2) is 5.72. The first-order chi connectivity index (χ1) is 11.3. The van der Waals surface area contributed by atoms with E-state index in [9.17, 15) is 4.79 Å². The highest BCUT2D eigenvalue weighted by molar-refractivity contribution is 5.77. The summed E-state index contributed by atoms with van der Waals surface area (Å²) in [6.07, 6.45) is 7.13. The Morgan fingerprint density at radius 1 is 1.46 bits per heavy atom. The molecule has 5 nitrogen and oxygen atoms in total. The summed E-state index contributed by atoms with van der Waals surface area (Å²) < 4.78 is 5.52. The van der Waals surface area contributed by atoms with Crippen LogP contribution in [0.3, 0.4) is 0 Å². The fraction of sp³-hybridized carbons (Fsp3) is 0.368. The molecule has 1 aromatic carbocycles. The summed E-state index contributed by atoms with van der Waals surface area (Å²) in [6, 6.07) is 5.36. The molecule has 0 saturated heterocycles. The number of rotatable bonds is 1. The summed E-state index contributed by atoms with van der Waals surface area (Å²) >= 11 is 0. The van der Waals surface area contributed by atoms with Crippen molar-refractivity contribution >= 4 is 17.1 Å². The van der Waals surface area contributed by atoms with Gasteiger partial charge in [0.15, 0.2) is 0 Å². The molecular weight excluding hydrogens is 302 g/mol. The number of H-pyrrole nitrogens is 1. The van der Waals surface area contributed by atoms with Crippen LogP contribution < -0.4 is 0 Å². The third-order valence-electron chi connectivity index (χ3n) is 3.77. The molecular formula is C19H21N3O2. The Balaban J connectivity index is 1.94. The molecule has 2 aromatic rings. The summed E-state index contributed by atoms with van der Waals surface area (Å²) in [7, 11) is 0. The van der Waals surface area contributed by atoms with Crippen LogP contribution in [0.4, 0.5) is 4.79 Å². The van der Waals surface area contributed by atoms with E-state index in [0.717, 1.165) is 22.2 Å². The smallest absolute Gasteiger partial charge is 0.411 e. The third kappa shape index (κ3) is 3.13. The summed E-state index contributed by atoms with van der Waals surface area (Å²) in [6.45, 7) is 8.11. The van der Waals surface area contributed by atoms with Crippen molar-refractivity contribution in [2.45, 2.75) is 39.3 Å². The Bertz CT molecular complexity index is 865. The molecule has 1 aliphatic rings. The molecule has 1 aromatic heterocycles. The SMILES string of the molecule is C#Cc1ccc2nc([C@@H]3C=C(C)CN3C(=O)OC(C)(C)C)[nH]c2c1. The van der Waals surface area contributed by atoms with Crippen LogP contribution >= 0.6 is 0 Å². The van der Waals surface area contributed by atoms with E-state index in [0.29, 0.717) is 12.4 Å². The van der Waals surface area contributed by atoms with E-state index in [1.54, 1.807) is 4.90 Å². The van der Waals surface area contributed by atoms with Crippen molar-refractivity contribution in [2.24, 2.45) is 0 Å². The average Bonchev–Trinajstić information content (AvgIpc) is 3.07. The lowest BCUT2D eigenvalue weighted by Gasteiger charge is -2.27. The van der Waals surface area contributed by atoms with Crippen molar-refractivity contribution in [2.75, 3.05) is 6.54 Å². The van der Waals surface area contributed by atoms with Crippen molar-refractivity contribution in [1.29, 1.82) is 0 Å². The molecule has 0 radical (unpaired) electrons. The predicted octanol–water partition coefficient (Wildman–Crippen LogP) is 3.78. The highest BCUT2D eigenvalue weighted by Gasteiger charge is 2.33. The molecule has 1 aliphatic heterocycles. The number of carbonyl (C=O) groups is 1. The van der Waals surface area contributed by atoms with E-state index < -0.39 is 5.60 Å². The van der Waals surface area contributed by atoms with E-state index in [1.165, 1.54) is 0 Å². The largest absolute Gasteiger partial charge is 0.444 e. The van der Waals surface area contributed by atoms with Crippen LogP contribution in [0.5, 0.6) is 0 Å². The number of nitrogens with one attached hydrogen (secondary N) is 1. The van der Waals surface area contributed by atoms with Gasteiger partial charge in [0, 0.05) is 12.1 Å². The van der Waals surface area contributed by atoms with Crippen molar-refractivity contribution < 1.29 is 9.53 Å². The molecule has 0 bridgehead atoms. The monoisotopic (exact) mass is 323 g/mol. The third-order valence-corrected chi connectivity index (χ3v) is 3.77. The molecule has 0 saturated carbocycles. The van der Waals surface area contributed by atoms with Crippen molar-refractivity contribution in [3.8, 4) is 12.3 Å². The zero-order valence-electron chi connectivity index (χ0n) is 14.4. The van der Waals surface area contributed by atoms with Crippen LogP contribution in [-0.2, 0) is 4.74 Å². The van der Waals surface area contributed by atoms with Crippen molar-refractivity contribution in [3.05, 3.63) is 41.2 Å². The van der Waals surface area contributed by atoms with Gasteiger partial charge < -0.3 is 9.72 Å². The number of aromatic nitrogens is 2. The Hall–Kier alpha value is -2.74. The second-order valence-corrected chi connectivity index (χ2v) is 7.06. The van der Waals surface area contributed by atoms with Crippen LogP contribution in [0.25, 0.3) is 11.0 Å². The number of carbonyl (C=O) groups excluding carboxylic acids is 1. The molecule has 0 aliphatic carbocycles. The van der Waals surface area contributed by atoms with Gasteiger partial charge in [-0.2, -0.15) is 0 Å². The molecule has 24 heavy (non-hydrogen) atoms. The van der Waals surface area contributed by atoms with Gasteiger partial charge in [0.2, 0.25) is 0 Å². The van der Waals surface area contributed by atoms with E-state index in [-0.39, 0.29) is 12.1 Å². The number of benzene rings is 1. The number of amides is 1. The van der Waals surface area contributed by atoms with Crippen molar-refractivity contribution in [3.63, 3.8) is 0 Å². The van der Waals surface area contributed by atoms with Gasteiger partial charge in [-0.15, -0.1) is 6.42 Å². The zero-order valence-corrected chi connectivity index (χ0v) is 14.4. The van der Waals surface area contributed by atoms with E-state index in [4.69, 9.17) is 11.2 Å². The first kappa shape index (κ1) is 16.1. The van der Waals surface area contributed by atoms with Gasteiger partial charge in [0.25, 0.3) is 0 Å². The molecule has 0 unspecified atom stereocenters. The Kier molecular flexibility index (Phi) is 3.84. The first-order valence-corrected chi connectivity index (χ1v) is 7.90. The van der Waals surface area contributed by atoms with Crippen LogP contribution in [-0.4, -0.2) is 33.1 Å². The van der Waals surface area contributed by atoms with Gasteiger partial charge in [0.1, 0.15) is 17.5 Å². The highest BCUT2D eigenvalue weighted by atomic mass is 16.6. The van der Waals surface area contributed by atoms with Gasteiger partial charge in [-0.1, -0.05) is 17.6 Å². The second-order valence-electron chi connectivity index (χ2n) is 7.06. The van der Waals surface area contributed by atoms with E-state index in [2.05, 4.69) is 15.9 Å². The summed E-state index contributed by atoms with van der Waals surface area (Å²) in [5.41, 5.74) is 3.05. The topological polar surface area (TPSA) is 58.2 Å². The minimum atomic E-state index is -0.534. The van der Waals surface area contributed by atoms with Gasteiger partial charge in [-0.3, -0.25) is 4.90 Å². The number of terminal acetylenes is 1. The maximum absolute atomic E-state index is 12.5. The van der Waals surface area contributed by atoms with Crippen LogP contribution in [0.2, 0.25) is 0 Å².